The van der Waals surface area contributed by atoms with Crippen LogP contribution in [-0.2, 0) is 16.1 Å². The molecular weight excluding hydrogens is 240 g/mol. The largest absolute Gasteiger partial charge is 0.356 e. The number of nitrogens with one attached hydrogen (secondary N) is 2. The van der Waals surface area contributed by atoms with Gasteiger partial charge in [-0.2, -0.15) is 0 Å². The molecule has 104 valence electrons. The zero-order valence-corrected chi connectivity index (χ0v) is 11.4. The molecule has 0 aromatic heterocycles. The van der Waals surface area contributed by atoms with Crippen molar-refractivity contribution in [2.45, 2.75) is 39.2 Å². The van der Waals surface area contributed by atoms with E-state index in [1.54, 1.807) is 0 Å². The zero-order chi connectivity index (χ0) is 13.9. The van der Waals surface area contributed by atoms with Crippen molar-refractivity contribution in [1.82, 2.24) is 10.6 Å². The Morgan fingerprint density at radius 2 is 1.68 bits per heavy atom. The highest BCUT2D eigenvalue weighted by molar-refractivity contribution is 5.77. The average molecular weight is 262 g/mol. The van der Waals surface area contributed by atoms with E-state index >= 15 is 0 Å². The number of rotatable bonds is 8. The van der Waals surface area contributed by atoms with Gasteiger partial charge in [0.2, 0.25) is 11.8 Å². The summed E-state index contributed by atoms with van der Waals surface area (Å²) in [5.41, 5.74) is 1.09. The molecule has 1 aromatic carbocycles. The van der Waals surface area contributed by atoms with Crippen LogP contribution in [0.25, 0.3) is 0 Å². The molecule has 0 heterocycles. The van der Waals surface area contributed by atoms with Crippen LogP contribution < -0.4 is 10.6 Å². The standard InChI is InChI=1S/C15H22N2O2/c1-2-7-14(18)16-11-6-10-15(19)17-12-13-8-4-3-5-9-13/h3-5,8-9H,2,6-7,10-12H2,1H3,(H,16,18)(H,17,19). The van der Waals surface area contributed by atoms with Crippen LogP contribution in [0.5, 0.6) is 0 Å². The lowest BCUT2D eigenvalue weighted by Gasteiger charge is -2.06. The molecule has 0 atom stereocenters. The molecule has 2 amide bonds. The van der Waals surface area contributed by atoms with Gasteiger partial charge in [0.1, 0.15) is 0 Å². The molecule has 4 heteroatoms. The predicted molar refractivity (Wildman–Crippen MR) is 75.4 cm³/mol. The van der Waals surface area contributed by atoms with E-state index in [9.17, 15) is 9.59 Å². The molecule has 0 aliphatic heterocycles. The fraction of sp³-hybridized carbons (Fsp3) is 0.467. The van der Waals surface area contributed by atoms with Crippen LogP contribution in [-0.4, -0.2) is 18.4 Å². The SMILES string of the molecule is CCCC(=O)NCCCC(=O)NCc1ccccc1. The van der Waals surface area contributed by atoms with E-state index < -0.39 is 0 Å². The van der Waals surface area contributed by atoms with E-state index in [-0.39, 0.29) is 11.8 Å². The molecule has 0 unspecified atom stereocenters. The van der Waals surface area contributed by atoms with Gasteiger partial charge >= 0.3 is 0 Å². The molecule has 0 radical (unpaired) electrons. The van der Waals surface area contributed by atoms with Crippen molar-refractivity contribution in [2.75, 3.05) is 6.54 Å². The Bertz CT molecular complexity index is 390. The van der Waals surface area contributed by atoms with Gasteiger partial charge in [-0.05, 0) is 18.4 Å². The van der Waals surface area contributed by atoms with Crippen molar-refractivity contribution in [1.29, 1.82) is 0 Å². The van der Waals surface area contributed by atoms with E-state index in [4.69, 9.17) is 0 Å². The number of hydrogen-bond acceptors (Lipinski definition) is 2. The maximum absolute atomic E-state index is 11.6. The normalized spacial score (nSPS) is 9.95. The molecule has 0 saturated carbocycles. The third-order valence-corrected chi connectivity index (χ3v) is 2.71. The molecule has 4 nitrogen and oxygen atoms in total. The third-order valence-electron chi connectivity index (χ3n) is 2.71. The molecule has 0 aliphatic carbocycles. The second-order valence-corrected chi connectivity index (χ2v) is 4.47. The van der Waals surface area contributed by atoms with Crippen LogP contribution in [0, 0.1) is 0 Å². The van der Waals surface area contributed by atoms with Crippen molar-refractivity contribution >= 4 is 11.8 Å². The third kappa shape index (κ3) is 7.24. The van der Waals surface area contributed by atoms with Crippen molar-refractivity contribution < 1.29 is 9.59 Å². The molecule has 0 spiro atoms. The van der Waals surface area contributed by atoms with Gasteiger partial charge in [0.15, 0.2) is 0 Å². The van der Waals surface area contributed by atoms with Crippen molar-refractivity contribution in [3.8, 4) is 0 Å². The summed E-state index contributed by atoms with van der Waals surface area (Å²) in [5, 5.41) is 5.65. The second kappa shape index (κ2) is 9.14. The van der Waals surface area contributed by atoms with E-state index in [1.807, 2.05) is 37.3 Å². The van der Waals surface area contributed by atoms with Gasteiger partial charge in [-0.1, -0.05) is 37.3 Å². The molecular formula is C15H22N2O2. The van der Waals surface area contributed by atoms with Crippen LogP contribution in [0.3, 0.4) is 0 Å². The summed E-state index contributed by atoms with van der Waals surface area (Å²) >= 11 is 0. The fourth-order valence-electron chi connectivity index (χ4n) is 1.68. The van der Waals surface area contributed by atoms with Gasteiger partial charge in [-0.25, -0.2) is 0 Å². The molecule has 1 rings (SSSR count). The summed E-state index contributed by atoms with van der Waals surface area (Å²) in [7, 11) is 0. The quantitative estimate of drug-likeness (QED) is 0.704. The van der Waals surface area contributed by atoms with E-state index in [0.717, 1.165) is 12.0 Å². The Morgan fingerprint density at radius 3 is 2.37 bits per heavy atom. The Hall–Kier alpha value is -1.84. The number of benzene rings is 1. The minimum absolute atomic E-state index is 0.0218. The molecule has 1 aromatic rings. The number of carbonyl (C=O) groups is 2. The summed E-state index contributed by atoms with van der Waals surface area (Å²) in [5.74, 6) is 0.0841. The van der Waals surface area contributed by atoms with Crippen molar-refractivity contribution in [3.05, 3.63) is 35.9 Å². The monoisotopic (exact) mass is 262 g/mol. The number of hydrogen-bond donors (Lipinski definition) is 2. The topological polar surface area (TPSA) is 58.2 Å². The summed E-state index contributed by atoms with van der Waals surface area (Å²) in [6.45, 7) is 3.09. The maximum atomic E-state index is 11.6. The first-order valence-electron chi connectivity index (χ1n) is 6.79. The highest BCUT2D eigenvalue weighted by atomic mass is 16.2. The number of carbonyl (C=O) groups excluding carboxylic acids is 2. The summed E-state index contributed by atoms with van der Waals surface area (Å²) in [6, 6.07) is 9.80. The van der Waals surface area contributed by atoms with Crippen LogP contribution in [0.2, 0.25) is 0 Å². The van der Waals surface area contributed by atoms with Gasteiger partial charge < -0.3 is 10.6 Å². The predicted octanol–water partition coefficient (Wildman–Crippen LogP) is 2.00. The Kier molecular flexibility index (Phi) is 7.32. The van der Waals surface area contributed by atoms with E-state index in [0.29, 0.717) is 32.4 Å². The summed E-state index contributed by atoms with van der Waals surface area (Å²) in [6.07, 6.45) is 2.53. The molecule has 0 saturated heterocycles. The van der Waals surface area contributed by atoms with Crippen molar-refractivity contribution in [3.63, 3.8) is 0 Å². The molecule has 2 N–H and O–H groups in total. The molecule has 0 bridgehead atoms. The van der Waals surface area contributed by atoms with Crippen LogP contribution >= 0.6 is 0 Å². The smallest absolute Gasteiger partial charge is 0.220 e. The maximum Gasteiger partial charge on any atom is 0.220 e. The van der Waals surface area contributed by atoms with Crippen LogP contribution in [0.1, 0.15) is 38.2 Å². The van der Waals surface area contributed by atoms with E-state index in [2.05, 4.69) is 10.6 Å². The lowest BCUT2D eigenvalue weighted by Crippen LogP contribution is -2.27. The first-order valence-corrected chi connectivity index (χ1v) is 6.79. The first kappa shape index (κ1) is 15.2. The first-order chi connectivity index (χ1) is 9.22. The average Bonchev–Trinajstić information content (AvgIpc) is 2.43. The lowest BCUT2D eigenvalue weighted by atomic mass is 10.2. The molecule has 0 fully saturated rings. The highest BCUT2D eigenvalue weighted by Gasteiger charge is 2.02. The Labute approximate surface area is 114 Å². The van der Waals surface area contributed by atoms with Gasteiger partial charge in [0.05, 0.1) is 0 Å². The van der Waals surface area contributed by atoms with Crippen LogP contribution in [0.15, 0.2) is 30.3 Å². The molecule has 19 heavy (non-hydrogen) atoms. The van der Waals surface area contributed by atoms with Gasteiger partial charge in [0, 0.05) is 25.9 Å². The minimum atomic E-state index is 0.0218. The van der Waals surface area contributed by atoms with E-state index in [1.165, 1.54) is 0 Å². The number of amides is 2. The van der Waals surface area contributed by atoms with Gasteiger partial charge in [-0.15, -0.1) is 0 Å². The fourth-order valence-corrected chi connectivity index (χ4v) is 1.68. The minimum Gasteiger partial charge on any atom is -0.356 e. The summed E-state index contributed by atoms with van der Waals surface area (Å²) < 4.78 is 0. The zero-order valence-electron chi connectivity index (χ0n) is 11.4. The summed E-state index contributed by atoms with van der Waals surface area (Å²) in [4.78, 5) is 22.7. The van der Waals surface area contributed by atoms with Gasteiger partial charge in [-0.3, -0.25) is 9.59 Å². The van der Waals surface area contributed by atoms with Gasteiger partial charge in [0.25, 0.3) is 0 Å². The second-order valence-electron chi connectivity index (χ2n) is 4.47. The lowest BCUT2D eigenvalue weighted by molar-refractivity contribution is -0.123. The molecule has 0 aliphatic rings. The van der Waals surface area contributed by atoms with Crippen LogP contribution in [0.4, 0.5) is 0 Å². The Morgan fingerprint density at radius 1 is 1.00 bits per heavy atom. The van der Waals surface area contributed by atoms with Crippen molar-refractivity contribution in [2.24, 2.45) is 0 Å². The highest BCUT2D eigenvalue weighted by Crippen LogP contribution is 1.98. The Balaban J connectivity index is 2.07.